The summed E-state index contributed by atoms with van der Waals surface area (Å²) in [5, 5.41) is 89.0. The molecule has 28 N–H and O–H groups in total. The third-order valence-corrected chi connectivity index (χ3v) is 0.500. The second-order valence-corrected chi connectivity index (χ2v) is 7.96. The number of carboxylic acids is 12. The normalized spacial score (nSPS) is 6.00. The predicted octanol–water partition coefficient (Wildman–Crippen LogP) is -4.99. The summed E-state index contributed by atoms with van der Waals surface area (Å²) in [5.74, 6) is -10.0. The smallest absolute Gasteiger partial charge is 0.300 e. The van der Waals surface area contributed by atoms with Gasteiger partial charge in [0.05, 0.1) is 0 Å². The zero-order chi connectivity index (χ0) is 53.2. The van der Waals surface area contributed by atoms with Gasteiger partial charge in [-0.05, 0) is 0 Å². The molecule has 0 aliphatic carbocycles. The Balaban J connectivity index is -0.0000000184. The summed E-state index contributed by atoms with van der Waals surface area (Å²) >= 11 is 0. The van der Waals surface area contributed by atoms with Crippen molar-refractivity contribution in [3.8, 4) is 0 Å². The van der Waals surface area contributed by atoms with Crippen LogP contribution in [0.15, 0.2) is 0 Å². The van der Waals surface area contributed by atoms with Crippen molar-refractivity contribution in [3.05, 3.63) is 0 Å². The molecule has 0 bridgehead atoms. The molecule has 0 atom stereocenters. The van der Waals surface area contributed by atoms with Gasteiger partial charge in [0.25, 0.3) is 71.6 Å². The molecular formula is C30H76N6Na3O26. The zero-order valence-corrected chi connectivity index (χ0v) is 46.0. The molecule has 0 aromatic carbocycles. The molecule has 0 heterocycles. The van der Waals surface area contributed by atoms with Gasteiger partial charge >= 0.3 is 0 Å². The summed E-state index contributed by atoms with van der Waals surface area (Å²) in [6.45, 7) is 16.6. The van der Waals surface area contributed by atoms with E-state index in [-0.39, 0.29) is 99.6 Å². The summed E-state index contributed by atoms with van der Waals surface area (Å²) < 4.78 is 0. The third kappa shape index (κ3) is 444000. The molecular weight excluding hydrogens is 929 g/mol. The Morgan fingerprint density at radius 1 is 0.215 bits per heavy atom. The van der Waals surface area contributed by atoms with E-state index in [4.69, 9.17) is 153 Å². The second-order valence-electron chi connectivity index (χ2n) is 7.96. The molecule has 32 nitrogen and oxygen atoms in total. The fraction of sp³-hybridized carbons (Fsp3) is 0.600. The Hall–Kier alpha value is -3.68. The number of hydrogen-bond acceptors (Lipinski definition) is 18. The van der Waals surface area contributed by atoms with E-state index in [9.17, 15) is 0 Å². The van der Waals surface area contributed by atoms with E-state index in [2.05, 4.69) is 0 Å². The monoisotopic (exact) mass is 1010 g/mol. The van der Waals surface area contributed by atoms with E-state index in [0.717, 1.165) is 83.1 Å². The number of carbonyl (C=O) groups is 12. The van der Waals surface area contributed by atoms with Crippen molar-refractivity contribution in [2.24, 2.45) is 34.4 Å². The van der Waals surface area contributed by atoms with Gasteiger partial charge in [-0.15, -0.1) is 0 Å². The second kappa shape index (κ2) is 145. The van der Waals surface area contributed by atoms with E-state index < -0.39 is 71.6 Å². The maximum absolute atomic E-state index is 9.00. The molecule has 0 aromatic heterocycles. The van der Waals surface area contributed by atoms with Crippen molar-refractivity contribution in [3.63, 3.8) is 0 Å². The first-order valence-electron chi connectivity index (χ1n) is 15.1. The van der Waals surface area contributed by atoms with E-state index in [0.29, 0.717) is 39.3 Å². The molecule has 385 valence electrons. The van der Waals surface area contributed by atoms with Crippen molar-refractivity contribution in [2.45, 2.75) is 83.1 Å². The topological polar surface area (TPSA) is 667 Å². The largest absolute Gasteiger partial charge is 0.481 e. The van der Waals surface area contributed by atoms with Crippen molar-refractivity contribution in [2.75, 3.05) is 39.3 Å². The fourth-order valence-electron chi connectivity index (χ4n) is 0. The minimum Gasteiger partial charge on any atom is -0.481 e. The quantitative estimate of drug-likeness (QED) is 0.118. The molecule has 0 amide bonds. The van der Waals surface area contributed by atoms with Gasteiger partial charge in [0.15, 0.2) is 0 Å². The Bertz CT molecular complexity index is 713. The van der Waals surface area contributed by atoms with Crippen LogP contribution < -0.4 is 34.4 Å². The number of nitrogens with two attached hydrogens (primary N) is 6. The molecule has 0 aliphatic rings. The molecule has 0 unspecified atom stereocenters. The molecule has 0 aromatic rings. The van der Waals surface area contributed by atoms with Crippen LogP contribution in [0.4, 0.5) is 0 Å². The number of rotatable bonds is 3. The molecule has 0 spiro atoms. The molecule has 0 fully saturated rings. The summed E-state index contributed by atoms with van der Waals surface area (Å²) in [5.41, 5.74) is 29.4. The molecule has 35 heteroatoms. The first-order chi connectivity index (χ1) is 26.5. The van der Waals surface area contributed by atoms with E-state index >= 15 is 0 Å². The van der Waals surface area contributed by atoms with Crippen LogP contribution >= 0.6 is 0 Å². The number of aliphatic carboxylic acids is 12. The Kier molecular flexibility index (Phi) is 291. The summed E-state index contributed by atoms with van der Waals surface area (Å²) in [6.07, 6.45) is 0. The number of carboxylic acid groups (broad SMARTS) is 12. The Morgan fingerprint density at radius 3 is 0.231 bits per heavy atom. The molecule has 0 aliphatic heterocycles. The van der Waals surface area contributed by atoms with Crippen LogP contribution in [-0.4, -0.2) is 272 Å². The standard InChI is InChI=1S/3C2H8N2.12C2H4O2.3Na.2H2O/c3*3-1-2-4;12*1-2(3)4;;;;;/h3*1-4H2;12*1H3,(H,3,4);;;;2*1H2. The predicted molar refractivity (Wildman–Crippen MR) is 239 cm³/mol. The number of hydrogen-bond donors (Lipinski definition) is 18. The van der Waals surface area contributed by atoms with E-state index in [1.807, 2.05) is 0 Å². The van der Waals surface area contributed by atoms with Crippen molar-refractivity contribution in [1.29, 1.82) is 0 Å². The molecule has 3 radical (unpaired) electrons. The van der Waals surface area contributed by atoms with Crippen molar-refractivity contribution < 1.29 is 130 Å². The Labute approximate surface area is 443 Å². The van der Waals surface area contributed by atoms with Crippen LogP contribution in [0.5, 0.6) is 0 Å². The van der Waals surface area contributed by atoms with Gasteiger partial charge in [-0.3, -0.25) is 57.5 Å². The Morgan fingerprint density at radius 2 is 0.231 bits per heavy atom. The van der Waals surface area contributed by atoms with Crippen LogP contribution in [0.25, 0.3) is 0 Å². The third-order valence-electron chi connectivity index (χ3n) is 0.500. The summed E-state index contributed by atoms with van der Waals surface area (Å²) in [4.78, 5) is 108. The first kappa shape index (κ1) is 131. The maximum atomic E-state index is 9.00. The van der Waals surface area contributed by atoms with Gasteiger partial charge in [-0.25, -0.2) is 0 Å². The molecule has 65 heavy (non-hydrogen) atoms. The van der Waals surface area contributed by atoms with Crippen LogP contribution in [0, 0.1) is 0 Å². The molecule has 0 saturated carbocycles. The first-order valence-corrected chi connectivity index (χ1v) is 15.1. The van der Waals surface area contributed by atoms with Gasteiger partial charge in [-0.1, -0.05) is 0 Å². The van der Waals surface area contributed by atoms with Gasteiger partial charge < -0.3 is 107 Å². The van der Waals surface area contributed by atoms with Gasteiger partial charge in [-0.2, -0.15) is 0 Å². The summed E-state index contributed by atoms with van der Waals surface area (Å²) in [7, 11) is 0. The van der Waals surface area contributed by atoms with E-state index in [1.165, 1.54) is 0 Å². The van der Waals surface area contributed by atoms with Gasteiger partial charge in [0, 0.05) is 211 Å². The average molecular weight is 1010 g/mol. The van der Waals surface area contributed by atoms with Crippen LogP contribution in [0.2, 0.25) is 0 Å². The van der Waals surface area contributed by atoms with E-state index in [1.54, 1.807) is 0 Å². The van der Waals surface area contributed by atoms with Crippen LogP contribution in [0.3, 0.4) is 0 Å². The van der Waals surface area contributed by atoms with Gasteiger partial charge in [0.1, 0.15) is 0 Å². The molecule has 0 saturated heterocycles. The molecule has 0 rings (SSSR count). The minimum atomic E-state index is -0.833. The van der Waals surface area contributed by atoms with Crippen LogP contribution in [0.1, 0.15) is 83.1 Å². The maximum Gasteiger partial charge on any atom is 0.300 e. The van der Waals surface area contributed by atoms with Crippen molar-refractivity contribution in [1.82, 2.24) is 0 Å². The minimum absolute atomic E-state index is 0. The summed E-state index contributed by atoms with van der Waals surface area (Å²) in [6, 6.07) is 0. The fourth-order valence-corrected chi connectivity index (χ4v) is 0. The average Bonchev–Trinajstić information content (AvgIpc) is 2.94. The van der Waals surface area contributed by atoms with Crippen molar-refractivity contribution >= 4 is 160 Å². The zero-order valence-electron chi connectivity index (χ0n) is 40.0. The SMILES string of the molecule is CC(=O)O.CC(=O)O.CC(=O)O.CC(=O)O.CC(=O)O.CC(=O)O.CC(=O)O.CC(=O)O.CC(=O)O.CC(=O)O.CC(=O)O.CC(=O)O.NCCN.NCCN.NCCN.O.O.[Na].[Na].[Na]. The van der Waals surface area contributed by atoms with Crippen LogP contribution in [-0.2, 0) is 57.5 Å². The van der Waals surface area contributed by atoms with Gasteiger partial charge in [0.2, 0.25) is 0 Å².